The van der Waals surface area contributed by atoms with Crippen molar-refractivity contribution in [3.63, 3.8) is 0 Å². The number of benzene rings is 2. The van der Waals surface area contributed by atoms with Gasteiger partial charge in [-0.25, -0.2) is 0 Å². The summed E-state index contributed by atoms with van der Waals surface area (Å²) in [6.07, 6.45) is 0. The van der Waals surface area contributed by atoms with Gasteiger partial charge < -0.3 is 5.73 Å². The van der Waals surface area contributed by atoms with Crippen LogP contribution in [-0.2, 0) is 12.5 Å². The van der Waals surface area contributed by atoms with Crippen molar-refractivity contribution in [2.75, 3.05) is 0 Å². The second-order valence-electron chi connectivity index (χ2n) is 6.74. The fraction of sp³-hybridized carbons (Fsp3) is 0.211. The molecule has 0 aliphatic carbocycles. The molecule has 1 amide bonds. The van der Waals surface area contributed by atoms with Crippen LogP contribution in [0.15, 0.2) is 36.4 Å². The van der Waals surface area contributed by atoms with Crippen molar-refractivity contribution in [2.24, 2.45) is 5.73 Å². The Morgan fingerprint density at radius 1 is 1.24 bits per heavy atom. The number of amides is 1. The summed E-state index contributed by atoms with van der Waals surface area (Å²) < 4.78 is 31.1. The third-order valence-corrected chi connectivity index (χ3v) is 4.96. The fourth-order valence-electron chi connectivity index (χ4n) is 3.36. The molecule has 0 bridgehead atoms. The van der Waals surface area contributed by atoms with Gasteiger partial charge in [-0.3, -0.25) is 9.48 Å². The zero-order chi connectivity index (χ0) is 20.8. The molecule has 0 fully saturated rings. The molecule has 0 spiro atoms. The maximum Gasteiger partial charge on any atom is 0.335 e. The highest BCUT2D eigenvalue weighted by molar-refractivity contribution is 5.94. The number of primary amides is 1. The number of hydrogen-bond donors (Lipinski definition) is 2. The van der Waals surface area contributed by atoms with Crippen LogP contribution in [-0.4, -0.2) is 36.3 Å². The Balaban J connectivity index is 1.80. The molecule has 0 unspecified atom stereocenters. The standard InChI is InChI=1S/C19H17F2N7O/c1-10-12(4-3-5-14(10)17(22)29)9-28-16-8-13(6-7-15(16)11(2)25-28)19(20,21)18-23-26-27-24-18/h3-8H,9H2,1-2H3,(H2,22,29)(H,23,24,26,27). The number of aromatic amines is 1. The molecule has 3 N–H and O–H groups in total. The third-order valence-electron chi connectivity index (χ3n) is 4.96. The molecular weight excluding hydrogens is 380 g/mol. The molecule has 0 saturated carbocycles. The van der Waals surface area contributed by atoms with Gasteiger partial charge in [0.25, 0.3) is 0 Å². The van der Waals surface area contributed by atoms with Crippen LogP contribution >= 0.6 is 0 Å². The Bertz CT molecular complexity index is 1220. The number of aryl methyl sites for hydroxylation is 1. The number of H-pyrrole nitrogens is 1. The van der Waals surface area contributed by atoms with Crippen molar-refractivity contribution in [2.45, 2.75) is 26.3 Å². The summed E-state index contributed by atoms with van der Waals surface area (Å²) in [5, 5.41) is 17.3. The van der Waals surface area contributed by atoms with Crippen molar-refractivity contribution in [3.8, 4) is 0 Å². The van der Waals surface area contributed by atoms with Crippen LogP contribution in [0.5, 0.6) is 0 Å². The molecule has 4 rings (SSSR count). The maximum absolute atomic E-state index is 14.8. The van der Waals surface area contributed by atoms with Crippen molar-refractivity contribution < 1.29 is 13.6 Å². The number of nitrogens with two attached hydrogens (primary N) is 1. The summed E-state index contributed by atoms with van der Waals surface area (Å²) in [5.74, 6) is -4.64. The number of aromatic nitrogens is 6. The van der Waals surface area contributed by atoms with Gasteiger partial charge >= 0.3 is 5.92 Å². The average molecular weight is 397 g/mol. The number of carbonyl (C=O) groups excluding carboxylic acids is 1. The second-order valence-corrected chi connectivity index (χ2v) is 6.74. The quantitative estimate of drug-likeness (QED) is 0.537. The molecule has 29 heavy (non-hydrogen) atoms. The average Bonchev–Trinajstić information content (AvgIpc) is 3.32. The van der Waals surface area contributed by atoms with E-state index in [9.17, 15) is 13.6 Å². The molecule has 2 aromatic heterocycles. The van der Waals surface area contributed by atoms with E-state index in [-0.39, 0.29) is 5.56 Å². The van der Waals surface area contributed by atoms with Crippen molar-refractivity contribution in [3.05, 3.63) is 70.2 Å². The monoisotopic (exact) mass is 397 g/mol. The first-order valence-electron chi connectivity index (χ1n) is 8.76. The first-order valence-corrected chi connectivity index (χ1v) is 8.76. The Kier molecular flexibility index (Phi) is 4.33. The van der Waals surface area contributed by atoms with Crippen molar-refractivity contribution >= 4 is 16.8 Å². The van der Waals surface area contributed by atoms with E-state index in [0.717, 1.165) is 16.5 Å². The normalized spacial score (nSPS) is 11.9. The van der Waals surface area contributed by atoms with Crippen LogP contribution in [0.1, 0.15) is 38.6 Å². The van der Waals surface area contributed by atoms with E-state index in [1.54, 1.807) is 29.8 Å². The predicted octanol–water partition coefficient (Wildman–Crippen LogP) is 2.45. The number of alkyl halides is 2. The van der Waals surface area contributed by atoms with Gasteiger partial charge in [0, 0.05) is 16.5 Å². The minimum atomic E-state index is -3.41. The number of rotatable bonds is 5. The lowest BCUT2D eigenvalue weighted by Gasteiger charge is -2.14. The minimum Gasteiger partial charge on any atom is -0.366 e. The van der Waals surface area contributed by atoms with Crippen LogP contribution < -0.4 is 5.73 Å². The van der Waals surface area contributed by atoms with Crippen LogP contribution in [0.4, 0.5) is 8.78 Å². The minimum absolute atomic E-state index is 0.268. The fourth-order valence-corrected chi connectivity index (χ4v) is 3.36. The lowest BCUT2D eigenvalue weighted by atomic mass is 10.0. The molecular formula is C19H17F2N7O. The Hall–Kier alpha value is -3.69. The predicted molar refractivity (Wildman–Crippen MR) is 100 cm³/mol. The summed E-state index contributed by atoms with van der Waals surface area (Å²) in [6.45, 7) is 3.90. The van der Waals surface area contributed by atoms with E-state index in [4.69, 9.17) is 5.73 Å². The molecule has 0 aliphatic rings. The van der Waals surface area contributed by atoms with Gasteiger partial charge in [0.15, 0.2) is 0 Å². The summed E-state index contributed by atoms with van der Waals surface area (Å²) in [7, 11) is 0. The number of halogens is 2. The lowest BCUT2D eigenvalue weighted by molar-refractivity contribution is 0.0330. The highest BCUT2D eigenvalue weighted by Crippen LogP contribution is 2.35. The molecule has 2 aromatic carbocycles. The molecule has 8 nitrogen and oxygen atoms in total. The van der Waals surface area contributed by atoms with Gasteiger partial charge in [-0.1, -0.05) is 24.3 Å². The number of carbonyl (C=O) groups is 1. The van der Waals surface area contributed by atoms with Crippen molar-refractivity contribution in [1.29, 1.82) is 0 Å². The van der Waals surface area contributed by atoms with E-state index in [0.29, 0.717) is 23.3 Å². The van der Waals surface area contributed by atoms with Gasteiger partial charge in [0.2, 0.25) is 11.7 Å². The molecule has 2 heterocycles. The highest BCUT2D eigenvalue weighted by atomic mass is 19.3. The molecule has 148 valence electrons. The largest absolute Gasteiger partial charge is 0.366 e. The summed E-state index contributed by atoms with van der Waals surface area (Å²) >= 11 is 0. The zero-order valence-corrected chi connectivity index (χ0v) is 15.6. The van der Waals surface area contributed by atoms with E-state index in [1.807, 2.05) is 13.0 Å². The first kappa shape index (κ1) is 18.7. The molecule has 10 heteroatoms. The topological polar surface area (TPSA) is 115 Å². The zero-order valence-electron chi connectivity index (χ0n) is 15.6. The number of nitrogens with one attached hydrogen (secondary N) is 1. The second kappa shape index (κ2) is 6.73. The van der Waals surface area contributed by atoms with E-state index < -0.39 is 17.7 Å². The van der Waals surface area contributed by atoms with Gasteiger partial charge in [0.1, 0.15) is 0 Å². The highest BCUT2D eigenvalue weighted by Gasteiger charge is 2.39. The molecule has 0 radical (unpaired) electrons. The Morgan fingerprint density at radius 2 is 2.03 bits per heavy atom. The first-order chi connectivity index (χ1) is 13.8. The van der Waals surface area contributed by atoms with Gasteiger partial charge in [-0.05, 0) is 42.3 Å². The van der Waals surface area contributed by atoms with Crippen LogP contribution in [0, 0.1) is 13.8 Å². The molecule has 0 aliphatic heterocycles. The Labute approximate surface area is 163 Å². The Morgan fingerprint density at radius 3 is 2.72 bits per heavy atom. The van der Waals surface area contributed by atoms with Gasteiger partial charge in [-0.15, -0.1) is 10.2 Å². The lowest BCUT2D eigenvalue weighted by Crippen LogP contribution is -2.17. The van der Waals surface area contributed by atoms with Gasteiger partial charge in [-0.2, -0.15) is 19.1 Å². The van der Waals surface area contributed by atoms with E-state index in [2.05, 4.69) is 25.7 Å². The van der Waals surface area contributed by atoms with Crippen LogP contribution in [0.2, 0.25) is 0 Å². The number of fused-ring (bicyclic) bond motifs is 1. The van der Waals surface area contributed by atoms with E-state index in [1.165, 1.54) is 12.1 Å². The molecule has 0 saturated heterocycles. The van der Waals surface area contributed by atoms with Crippen LogP contribution in [0.3, 0.4) is 0 Å². The number of hydrogen-bond acceptors (Lipinski definition) is 5. The smallest absolute Gasteiger partial charge is 0.335 e. The molecule has 0 atom stereocenters. The number of tetrazole rings is 1. The summed E-state index contributed by atoms with van der Waals surface area (Å²) in [6, 6.07) is 9.54. The van der Waals surface area contributed by atoms with Crippen molar-refractivity contribution in [1.82, 2.24) is 30.4 Å². The SMILES string of the molecule is Cc1c(Cn2nc(C)c3ccc(C(F)(F)c4nn[nH]n4)cc32)cccc1C(N)=O. The van der Waals surface area contributed by atoms with Gasteiger partial charge in [0.05, 0.1) is 17.8 Å². The summed E-state index contributed by atoms with van der Waals surface area (Å²) in [4.78, 5) is 11.6. The third kappa shape index (κ3) is 3.12. The maximum atomic E-state index is 14.8. The van der Waals surface area contributed by atoms with Crippen LogP contribution in [0.25, 0.3) is 10.9 Å². The number of nitrogens with zero attached hydrogens (tertiary/aromatic N) is 5. The summed E-state index contributed by atoms with van der Waals surface area (Å²) in [5.41, 5.74) is 8.36. The molecule has 4 aromatic rings. The van der Waals surface area contributed by atoms with E-state index >= 15 is 0 Å².